The number of anilines is 1. The molecule has 0 atom stereocenters. The second-order valence-electron chi connectivity index (χ2n) is 4.83. The van der Waals surface area contributed by atoms with Gasteiger partial charge in [-0.2, -0.15) is 0 Å². The number of nitrogen functional groups attached to an aromatic ring is 1. The number of pyridine rings is 1. The van der Waals surface area contributed by atoms with Gasteiger partial charge in [0.25, 0.3) is 0 Å². The lowest BCUT2D eigenvalue weighted by atomic mass is 10.1. The summed E-state index contributed by atoms with van der Waals surface area (Å²) in [5.74, 6) is 1.60. The zero-order valence-corrected chi connectivity index (χ0v) is 11.5. The van der Waals surface area contributed by atoms with Crippen LogP contribution in [0.4, 0.5) is 5.69 Å². The van der Waals surface area contributed by atoms with E-state index in [1.165, 1.54) is 5.56 Å². The monoisotopic (exact) mass is 268 g/mol. The van der Waals surface area contributed by atoms with E-state index in [9.17, 15) is 0 Å². The third kappa shape index (κ3) is 2.18. The molecule has 5 heteroatoms. The summed E-state index contributed by atoms with van der Waals surface area (Å²) in [7, 11) is 0. The molecule has 3 aromatic rings. The highest BCUT2D eigenvalue weighted by molar-refractivity contribution is 5.63. The van der Waals surface area contributed by atoms with Crippen molar-refractivity contribution in [3.8, 4) is 5.75 Å². The Morgan fingerprint density at radius 3 is 2.90 bits per heavy atom. The molecule has 5 nitrogen and oxygen atoms in total. The van der Waals surface area contributed by atoms with Crippen molar-refractivity contribution >= 4 is 11.3 Å². The minimum Gasteiger partial charge on any atom is -0.485 e. The molecule has 0 saturated carbocycles. The van der Waals surface area contributed by atoms with E-state index in [0.29, 0.717) is 17.9 Å². The zero-order chi connectivity index (χ0) is 14.1. The zero-order valence-electron chi connectivity index (χ0n) is 11.5. The number of rotatable bonds is 3. The van der Waals surface area contributed by atoms with Gasteiger partial charge in [0.1, 0.15) is 12.4 Å². The number of ether oxygens (including phenoxy) is 1. The first-order chi connectivity index (χ1) is 9.65. The fourth-order valence-electron chi connectivity index (χ4n) is 2.09. The second-order valence-corrected chi connectivity index (χ2v) is 4.83. The molecule has 2 aromatic heterocycles. The van der Waals surface area contributed by atoms with Gasteiger partial charge in [0, 0.05) is 6.20 Å². The summed E-state index contributed by atoms with van der Waals surface area (Å²) in [5, 5.41) is 8.21. The first-order valence-electron chi connectivity index (χ1n) is 6.43. The van der Waals surface area contributed by atoms with Gasteiger partial charge in [-0.3, -0.25) is 4.40 Å². The van der Waals surface area contributed by atoms with Crippen molar-refractivity contribution in [1.82, 2.24) is 14.6 Å². The molecule has 0 unspecified atom stereocenters. The normalized spacial score (nSPS) is 10.9. The summed E-state index contributed by atoms with van der Waals surface area (Å²) < 4.78 is 7.69. The highest BCUT2D eigenvalue weighted by atomic mass is 16.5. The van der Waals surface area contributed by atoms with Crippen LogP contribution in [0.5, 0.6) is 5.75 Å². The van der Waals surface area contributed by atoms with E-state index in [0.717, 1.165) is 17.1 Å². The smallest absolute Gasteiger partial charge is 0.184 e. The molecular weight excluding hydrogens is 252 g/mol. The van der Waals surface area contributed by atoms with E-state index >= 15 is 0 Å². The lowest BCUT2D eigenvalue weighted by molar-refractivity contribution is 0.292. The predicted molar refractivity (Wildman–Crippen MR) is 77.6 cm³/mol. The number of benzene rings is 1. The predicted octanol–water partition coefficient (Wildman–Crippen LogP) is 2.51. The van der Waals surface area contributed by atoms with Gasteiger partial charge in [0.15, 0.2) is 11.5 Å². The molecule has 0 spiro atoms. The molecule has 20 heavy (non-hydrogen) atoms. The molecule has 0 radical (unpaired) electrons. The summed E-state index contributed by atoms with van der Waals surface area (Å²) in [6, 6.07) is 9.80. The van der Waals surface area contributed by atoms with Gasteiger partial charge in [-0.1, -0.05) is 12.1 Å². The SMILES string of the molecule is Cc1ccc(C)c(OCc2nnc3c(N)cccn23)c1. The highest BCUT2D eigenvalue weighted by Gasteiger charge is 2.08. The van der Waals surface area contributed by atoms with Crippen LogP contribution in [0.25, 0.3) is 5.65 Å². The summed E-state index contributed by atoms with van der Waals surface area (Å²) in [4.78, 5) is 0. The number of aryl methyl sites for hydroxylation is 2. The summed E-state index contributed by atoms with van der Waals surface area (Å²) in [5.41, 5.74) is 9.39. The fraction of sp³-hybridized carbons (Fsp3) is 0.200. The molecule has 0 aliphatic heterocycles. The quantitative estimate of drug-likeness (QED) is 0.792. The highest BCUT2D eigenvalue weighted by Crippen LogP contribution is 2.20. The van der Waals surface area contributed by atoms with Crippen LogP contribution in [-0.4, -0.2) is 14.6 Å². The topological polar surface area (TPSA) is 65.4 Å². The first kappa shape index (κ1) is 12.5. The summed E-state index contributed by atoms with van der Waals surface area (Å²) in [6.45, 7) is 4.42. The van der Waals surface area contributed by atoms with E-state index in [1.54, 1.807) is 6.07 Å². The van der Waals surface area contributed by atoms with E-state index < -0.39 is 0 Å². The molecule has 0 fully saturated rings. The fourth-order valence-corrected chi connectivity index (χ4v) is 2.09. The standard InChI is InChI=1S/C15H16N4O/c1-10-5-6-11(2)13(8-10)20-9-14-17-18-15-12(16)4-3-7-19(14)15/h3-8H,9,16H2,1-2H3. The summed E-state index contributed by atoms with van der Waals surface area (Å²) >= 11 is 0. The van der Waals surface area contributed by atoms with Crippen LogP contribution >= 0.6 is 0 Å². The maximum absolute atomic E-state index is 5.86. The second kappa shape index (κ2) is 4.85. The minimum absolute atomic E-state index is 0.356. The van der Waals surface area contributed by atoms with Gasteiger partial charge >= 0.3 is 0 Å². The van der Waals surface area contributed by atoms with Gasteiger partial charge in [0.2, 0.25) is 0 Å². The Labute approximate surface area is 117 Å². The van der Waals surface area contributed by atoms with Gasteiger partial charge in [0.05, 0.1) is 5.69 Å². The Hall–Kier alpha value is -2.56. The average Bonchev–Trinajstić information content (AvgIpc) is 2.85. The van der Waals surface area contributed by atoms with Crippen molar-refractivity contribution in [2.75, 3.05) is 5.73 Å². The van der Waals surface area contributed by atoms with Crippen molar-refractivity contribution < 1.29 is 4.74 Å². The summed E-state index contributed by atoms with van der Waals surface area (Å²) in [6.07, 6.45) is 1.88. The van der Waals surface area contributed by atoms with Crippen molar-refractivity contribution in [2.45, 2.75) is 20.5 Å². The Morgan fingerprint density at radius 2 is 2.05 bits per heavy atom. The lowest BCUT2D eigenvalue weighted by Gasteiger charge is -2.09. The average molecular weight is 268 g/mol. The van der Waals surface area contributed by atoms with Gasteiger partial charge in [-0.25, -0.2) is 0 Å². The van der Waals surface area contributed by atoms with Crippen molar-refractivity contribution in [1.29, 1.82) is 0 Å². The van der Waals surface area contributed by atoms with Crippen molar-refractivity contribution in [3.05, 3.63) is 53.5 Å². The van der Waals surface area contributed by atoms with Crippen LogP contribution in [0.2, 0.25) is 0 Å². The third-order valence-electron chi connectivity index (χ3n) is 3.24. The number of fused-ring (bicyclic) bond motifs is 1. The van der Waals surface area contributed by atoms with Gasteiger partial charge in [-0.05, 0) is 43.2 Å². The van der Waals surface area contributed by atoms with Crippen molar-refractivity contribution in [2.24, 2.45) is 0 Å². The lowest BCUT2D eigenvalue weighted by Crippen LogP contribution is -2.03. The largest absolute Gasteiger partial charge is 0.485 e. The number of hydrogen-bond acceptors (Lipinski definition) is 4. The van der Waals surface area contributed by atoms with E-state index in [4.69, 9.17) is 10.5 Å². The number of aromatic nitrogens is 3. The molecule has 0 aliphatic carbocycles. The van der Waals surface area contributed by atoms with Crippen LogP contribution in [0.1, 0.15) is 17.0 Å². The van der Waals surface area contributed by atoms with Crippen LogP contribution < -0.4 is 10.5 Å². The Morgan fingerprint density at radius 1 is 1.20 bits per heavy atom. The van der Waals surface area contributed by atoms with Crippen LogP contribution in [0, 0.1) is 13.8 Å². The first-order valence-corrected chi connectivity index (χ1v) is 6.43. The number of nitrogens with two attached hydrogens (primary N) is 1. The van der Waals surface area contributed by atoms with Crippen LogP contribution in [-0.2, 0) is 6.61 Å². The maximum atomic E-state index is 5.86. The molecule has 0 saturated heterocycles. The molecule has 2 heterocycles. The molecule has 3 rings (SSSR count). The molecular formula is C15H16N4O. The molecule has 102 valence electrons. The van der Waals surface area contributed by atoms with Gasteiger partial charge < -0.3 is 10.5 Å². The number of hydrogen-bond donors (Lipinski definition) is 1. The Bertz CT molecular complexity index is 764. The van der Waals surface area contributed by atoms with E-state index in [-0.39, 0.29) is 0 Å². The third-order valence-corrected chi connectivity index (χ3v) is 3.24. The van der Waals surface area contributed by atoms with Crippen LogP contribution in [0.3, 0.4) is 0 Å². The molecule has 1 aromatic carbocycles. The maximum Gasteiger partial charge on any atom is 0.184 e. The Balaban J connectivity index is 1.87. The molecule has 0 amide bonds. The molecule has 0 bridgehead atoms. The van der Waals surface area contributed by atoms with E-state index in [2.05, 4.69) is 16.3 Å². The van der Waals surface area contributed by atoms with Gasteiger partial charge in [-0.15, -0.1) is 10.2 Å². The molecule has 0 aliphatic rings. The number of nitrogens with zero attached hydrogens (tertiary/aromatic N) is 3. The Kier molecular flexibility index (Phi) is 3.02. The van der Waals surface area contributed by atoms with Crippen molar-refractivity contribution in [3.63, 3.8) is 0 Å². The van der Waals surface area contributed by atoms with E-state index in [1.807, 2.05) is 42.6 Å². The minimum atomic E-state index is 0.356. The molecule has 2 N–H and O–H groups in total. The van der Waals surface area contributed by atoms with Crippen LogP contribution in [0.15, 0.2) is 36.5 Å².